The molecule has 1 unspecified atom stereocenters. The predicted molar refractivity (Wildman–Crippen MR) is 83.2 cm³/mol. The maximum absolute atomic E-state index is 5.59. The summed E-state index contributed by atoms with van der Waals surface area (Å²) >= 11 is 0. The third kappa shape index (κ3) is 3.01. The lowest BCUT2D eigenvalue weighted by atomic mass is 9.84. The molecule has 1 aromatic carbocycles. The van der Waals surface area contributed by atoms with Crippen molar-refractivity contribution in [1.82, 2.24) is 5.32 Å². The topological polar surface area (TPSA) is 21.3 Å². The number of benzene rings is 1. The fourth-order valence-corrected chi connectivity index (χ4v) is 3.66. The average molecular weight is 273 g/mol. The van der Waals surface area contributed by atoms with Crippen molar-refractivity contribution < 1.29 is 4.74 Å². The highest BCUT2D eigenvalue weighted by Gasteiger charge is 2.22. The Morgan fingerprint density at radius 1 is 1.25 bits per heavy atom. The maximum atomic E-state index is 5.59. The van der Waals surface area contributed by atoms with Gasteiger partial charge in [0, 0.05) is 18.5 Å². The highest BCUT2D eigenvalue weighted by Crippen LogP contribution is 2.30. The fourth-order valence-electron chi connectivity index (χ4n) is 3.66. The van der Waals surface area contributed by atoms with E-state index in [-0.39, 0.29) is 0 Å². The van der Waals surface area contributed by atoms with E-state index in [4.69, 9.17) is 4.74 Å². The number of ether oxygens (including phenoxy) is 1. The van der Waals surface area contributed by atoms with E-state index in [0.29, 0.717) is 12.1 Å². The minimum atomic E-state index is 0.448. The normalized spacial score (nSPS) is 26.9. The predicted octanol–water partition coefficient (Wildman–Crippen LogP) is 4.24. The van der Waals surface area contributed by atoms with Crippen LogP contribution in [0.15, 0.2) is 18.2 Å². The molecule has 0 bridgehead atoms. The Morgan fingerprint density at radius 3 is 2.80 bits per heavy atom. The number of hydrogen-bond acceptors (Lipinski definition) is 2. The van der Waals surface area contributed by atoms with Gasteiger partial charge in [0.05, 0.1) is 6.61 Å². The van der Waals surface area contributed by atoms with Crippen LogP contribution in [0.3, 0.4) is 0 Å². The SMILES string of the molecule is CCC1CCC(NC(C)c2ccc3c(c2)CCO3)CC1. The van der Waals surface area contributed by atoms with Gasteiger partial charge >= 0.3 is 0 Å². The van der Waals surface area contributed by atoms with Crippen LogP contribution in [0, 0.1) is 5.92 Å². The molecular formula is C18H27NO. The molecule has 1 heterocycles. The van der Waals surface area contributed by atoms with Gasteiger partial charge in [-0.15, -0.1) is 0 Å². The van der Waals surface area contributed by atoms with Gasteiger partial charge in [-0.1, -0.05) is 25.5 Å². The lowest BCUT2D eigenvalue weighted by Crippen LogP contribution is -2.34. The van der Waals surface area contributed by atoms with Gasteiger partial charge in [0.2, 0.25) is 0 Å². The van der Waals surface area contributed by atoms with E-state index >= 15 is 0 Å². The average Bonchev–Trinajstić information content (AvgIpc) is 2.95. The Labute approximate surface area is 122 Å². The summed E-state index contributed by atoms with van der Waals surface area (Å²) in [6.45, 7) is 5.47. The summed E-state index contributed by atoms with van der Waals surface area (Å²) in [5.74, 6) is 2.06. The first kappa shape index (κ1) is 13.9. The van der Waals surface area contributed by atoms with Crippen LogP contribution in [-0.2, 0) is 6.42 Å². The monoisotopic (exact) mass is 273 g/mol. The number of nitrogens with one attached hydrogen (secondary N) is 1. The largest absolute Gasteiger partial charge is 0.493 e. The quantitative estimate of drug-likeness (QED) is 0.886. The maximum Gasteiger partial charge on any atom is 0.122 e. The summed E-state index contributed by atoms with van der Waals surface area (Å²) in [5.41, 5.74) is 2.79. The Bertz CT molecular complexity index is 449. The second kappa shape index (κ2) is 6.17. The van der Waals surface area contributed by atoms with Gasteiger partial charge in [-0.3, -0.25) is 0 Å². The zero-order valence-electron chi connectivity index (χ0n) is 12.8. The van der Waals surface area contributed by atoms with Gasteiger partial charge in [0.15, 0.2) is 0 Å². The van der Waals surface area contributed by atoms with Crippen LogP contribution in [-0.4, -0.2) is 12.6 Å². The van der Waals surface area contributed by atoms with Crippen molar-refractivity contribution >= 4 is 0 Å². The molecule has 2 heteroatoms. The molecule has 1 aromatic rings. The Morgan fingerprint density at radius 2 is 2.05 bits per heavy atom. The Hall–Kier alpha value is -1.02. The summed E-state index contributed by atoms with van der Waals surface area (Å²) in [4.78, 5) is 0. The molecule has 0 radical (unpaired) electrons. The summed E-state index contributed by atoms with van der Waals surface area (Å²) < 4.78 is 5.59. The van der Waals surface area contributed by atoms with Crippen LogP contribution < -0.4 is 10.1 Å². The molecule has 1 fully saturated rings. The van der Waals surface area contributed by atoms with Gasteiger partial charge < -0.3 is 10.1 Å². The number of fused-ring (bicyclic) bond motifs is 1. The number of hydrogen-bond donors (Lipinski definition) is 1. The second-order valence-electron chi connectivity index (χ2n) is 6.48. The smallest absolute Gasteiger partial charge is 0.122 e. The fraction of sp³-hybridized carbons (Fsp3) is 0.667. The third-order valence-electron chi connectivity index (χ3n) is 5.12. The zero-order chi connectivity index (χ0) is 13.9. The van der Waals surface area contributed by atoms with Crippen molar-refractivity contribution in [3.05, 3.63) is 29.3 Å². The first-order valence-electron chi connectivity index (χ1n) is 8.28. The van der Waals surface area contributed by atoms with Crippen molar-refractivity contribution in [2.45, 2.75) is 64.5 Å². The molecule has 0 spiro atoms. The molecule has 1 aliphatic heterocycles. The summed E-state index contributed by atoms with van der Waals surface area (Å²) in [7, 11) is 0. The van der Waals surface area contributed by atoms with Crippen molar-refractivity contribution in [1.29, 1.82) is 0 Å². The molecule has 1 aliphatic carbocycles. The highest BCUT2D eigenvalue weighted by molar-refractivity contribution is 5.40. The molecule has 0 aromatic heterocycles. The molecule has 2 aliphatic rings. The van der Waals surface area contributed by atoms with Gasteiger partial charge in [-0.05, 0) is 55.7 Å². The lowest BCUT2D eigenvalue weighted by molar-refractivity contribution is 0.273. The second-order valence-corrected chi connectivity index (χ2v) is 6.48. The van der Waals surface area contributed by atoms with E-state index in [1.165, 1.54) is 43.2 Å². The highest BCUT2D eigenvalue weighted by atomic mass is 16.5. The van der Waals surface area contributed by atoms with Crippen LogP contribution >= 0.6 is 0 Å². The van der Waals surface area contributed by atoms with Crippen LogP contribution in [0.25, 0.3) is 0 Å². The van der Waals surface area contributed by atoms with Crippen molar-refractivity contribution in [3.8, 4) is 5.75 Å². The third-order valence-corrected chi connectivity index (χ3v) is 5.12. The molecule has 2 nitrogen and oxygen atoms in total. The van der Waals surface area contributed by atoms with Gasteiger partial charge in [-0.25, -0.2) is 0 Å². The van der Waals surface area contributed by atoms with Crippen molar-refractivity contribution in [3.63, 3.8) is 0 Å². The molecule has 0 saturated heterocycles. The summed E-state index contributed by atoms with van der Waals surface area (Å²) in [5, 5.41) is 3.83. The zero-order valence-corrected chi connectivity index (χ0v) is 12.8. The molecule has 0 amide bonds. The Kier molecular flexibility index (Phi) is 4.30. The molecule has 3 rings (SSSR count). The molecule has 20 heavy (non-hydrogen) atoms. The van der Waals surface area contributed by atoms with E-state index < -0.39 is 0 Å². The molecule has 1 saturated carbocycles. The summed E-state index contributed by atoms with van der Waals surface area (Å²) in [6.07, 6.45) is 7.91. The molecular weight excluding hydrogens is 246 g/mol. The van der Waals surface area contributed by atoms with Gasteiger partial charge in [-0.2, -0.15) is 0 Å². The summed E-state index contributed by atoms with van der Waals surface area (Å²) in [6, 6.07) is 7.85. The van der Waals surface area contributed by atoms with Crippen molar-refractivity contribution in [2.24, 2.45) is 5.92 Å². The molecule has 1 N–H and O–H groups in total. The first-order valence-corrected chi connectivity index (χ1v) is 8.28. The van der Waals surface area contributed by atoms with Crippen LogP contribution in [0.2, 0.25) is 0 Å². The van der Waals surface area contributed by atoms with Crippen LogP contribution in [0.5, 0.6) is 5.75 Å². The van der Waals surface area contributed by atoms with Gasteiger partial charge in [0.25, 0.3) is 0 Å². The minimum absolute atomic E-state index is 0.448. The first-order chi connectivity index (χ1) is 9.76. The number of rotatable bonds is 4. The van der Waals surface area contributed by atoms with E-state index in [1.54, 1.807) is 0 Å². The van der Waals surface area contributed by atoms with Crippen LogP contribution in [0.4, 0.5) is 0 Å². The standard InChI is InChI=1S/C18H27NO/c1-3-14-4-7-17(8-5-14)19-13(2)15-6-9-18-16(12-15)10-11-20-18/h6,9,12-14,17,19H,3-5,7-8,10-11H2,1-2H3. The van der Waals surface area contributed by atoms with Crippen molar-refractivity contribution in [2.75, 3.05) is 6.61 Å². The minimum Gasteiger partial charge on any atom is -0.493 e. The van der Waals surface area contributed by atoms with Gasteiger partial charge in [0.1, 0.15) is 5.75 Å². The van der Waals surface area contributed by atoms with Crippen LogP contribution in [0.1, 0.15) is 63.1 Å². The molecule has 110 valence electrons. The van der Waals surface area contributed by atoms with E-state index in [2.05, 4.69) is 37.4 Å². The van der Waals surface area contributed by atoms with E-state index in [0.717, 1.165) is 24.7 Å². The van der Waals surface area contributed by atoms with E-state index in [1.807, 2.05) is 0 Å². The molecule has 1 atom stereocenters. The van der Waals surface area contributed by atoms with E-state index in [9.17, 15) is 0 Å². The Balaban J connectivity index is 1.58. The lowest BCUT2D eigenvalue weighted by Gasteiger charge is -2.31.